The van der Waals surface area contributed by atoms with Gasteiger partial charge in [-0.25, -0.2) is 0 Å². The Morgan fingerprint density at radius 2 is 1.69 bits per heavy atom. The molecule has 0 heterocycles. The first-order chi connectivity index (χ1) is 12.7. The molecular weight excluding hydrogens is 330 g/mol. The van der Waals surface area contributed by atoms with Crippen LogP contribution in [-0.4, -0.2) is 32.3 Å². The van der Waals surface area contributed by atoms with Gasteiger partial charge in [-0.05, 0) is 50.5 Å². The van der Waals surface area contributed by atoms with Crippen molar-refractivity contribution in [3.63, 3.8) is 0 Å². The molecule has 5 heteroatoms. The molecule has 0 aliphatic carbocycles. The fraction of sp³-hybridized carbons (Fsp3) is 0.381. The molecule has 26 heavy (non-hydrogen) atoms. The highest BCUT2D eigenvalue weighted by Gasteiger charge is 2.16. The van der Waals surface area contributed by atoms with Gasteiger partial charge in [0.15, 0.2) is 17.6 Å². The van der Waals surface area contributed by atoms with E-state index >= 15 is 0 Å². The number of benzene rings is 2. The van der Waals surface area contributed by atoms with Crippen LogP contribution in [0.15, 0.2) is 48.5 Å². The van der Waals surface area contributed by atoms with Gasteiger partial charge < -0.3 is 19.5 Å². The largest absolute Gasteiger partial charge is 0.494 e. The molecule has 2 aromatic carbocycles. The lowest BCUT2D eigenvalue weighted by atomic mass is 10.1. The monoisotopic (exact) mass is 357 g/mol. The van der Waals surface area contributed by atoms with E-state index < -0.39 is 6.10 Å². The molecule has 1 atom stereocenters. The Morgan fingerprint density at radius 3 is 2.38 bits per heavy atom. The van der Waals surface area contributed by atoms with Crippen molar-refractivity contribution in [3.05, 3.63) is 54.1 Å². The summed E-state index contributed by atoms with van der Waals surface area (Å²) in [6.07, 6.45) is 1.08. The topological polar surface area (TPSA) is 56.8 Å². The van der Waals surface area contributed by atoms with Crippen molar-refractivity contribution in [1.82, 2.24) is 5.32 Å². The van der Waals surface area contributed by atoms with Crippen LogP contribution in [-0.2, 0) is 11.2 Å². The van der Waals surface area contributed by atoms with Crippen LogP contribution >= 0.6 is 0 Å². The summed E-state index contributed by atoms with van der Waals surface area (Å²) in [5, 5.41) is 2.92. The van der Waals surface area contributed by atoms with Crippen LogP contribution in [0.4, 0.5) is 0 Å². The smallest absolute Gasteiger partial charge is 0.260 e. The van der Waals surface area contributed by atoms with Crippen LogP contribution in [0, 0.1) is 0 Å². The standard InChI is InChI=1S/C21H27NO4/c1-4-25-18-12-6-5-10-17(18)11-9-15-22-21(23)16(2)26-20-14-8-7-13-19(20)24-3/h5-8,10,12-14,16H,4,9,11,15H2,1-3H3,(H,22,23). The fourth-order valence-corrected chi connectivity index (χ4v) is 2.60. The third-order valence-corrected chi connectivity index (χ3v) is 3.94. The minimum absolute atomic E-state index is 0.144. The zero-order chi connectivity index (χ0) is 18.8. The summed E-state index contributed by atoms with van der Waals surface area (Å²) in [4.78, 5) is 12.2. The summed E-state index contributed by atoms with van der Waals surface area (Å²) < 4.78 is 16.6. The number of aryl methyl sites for hydroxylation is 1. The van der Waals surface area contributed by atoms with Crippen LogP contribution in [0.3, 0.4) is 0 Å². The van der Waals surface area contributed by atoms with E-state index in [-0.39, 0.29) is 5.91 Å². The lowest BCUT2D eigenvalue weighted by Gasteiger charge is -2.16. The van der Waals surface area contributed by atoms with Gasteiger partial charge in [-0.1, -0.05) is 30.3 Å². The second-order valence-electron chi connectivity index (χ2n) is 5.85. The molecule has 0 bridgehead atoms. The second-order valence-corrected chi connectivity index (χ2v) is 5.85. The first-order valence-corrected chi connectivity index (χ1v) is 8.93. The first-order valence-electron chi connectivity index (χ1n) is 8.93. The average molecular weight is 357 g/mol. The molecule has 1 N–H and O–H groups in total. The van der Waals surface area contributed by atoms with E-state index in [0.29, 0.717) is 24.7 Å². The number of methoxy groups -OCH3 is 1. The van der Waals surface area contributed by atoms with E-state index in [2.05, 4.69) is 11.4 Å². The van der Waals surface area contributed by atoms with Gasteiger partial charge in [-0.3, -0.25) is 4.79 Å². The van der Waals surface area contributed by atoms with Gasteiger partial charge in [-0.15, -0.1) is 0 Å². The third kappa shape index (κ3) is 5.69. The van der Waals surface area contributed by atoms with Crippen molar-refractivity contribution in [2.24, 2.45) is 0 Å². The number of amides is 1. The first kappa shape index (κ1) is 19.6. The zero-order valence-electron chi connectivity index (χ0n) is 15.7. The van der Waals surface area contributed by atoms with E-state index in [1.807, 2.05) is 37.3 Å². The molecule has 0 fully saturated rings. The van der Waals surface area contributed by atoms with Gasteiger partial charge in [-0.2, -0.15) is 0 Å². The summed E-state index contributed by atoms with van der Waals surface area (Å²) in [6.45, 7) is 4.93. The average Bonchev–Trinajstić information content (AvgIpc) is 2.66. The predicted molar refractivity (Wildman–Crippen MR) is 102 cm³/mol. The van der Waals surface area contributed by atoms with Gasteiger partial charge in [0.2, 0.25) is 0 Å². The maximum Gasteiger partial charge on any atom is 0.260 e. The lowest BCUT2D eigenvalue weighted by molar-refractivity contribution is -0.127. The van der Waals surface area contributed by atoms with E-state index in [4.69, 9.17) is 14.2 Å². The number of rotatable bonds is 10. The predicted octanol–water partition coefficient (Wildman–Crippen LogP) is 3.61. The minimum atomic E-state index is -0.595. The summed E-state index contributed by atoms with van der Waals surface area (Å²) in [5.41, 5.74) is 1.15. The molecule has 0 aliphatic rings. The Kier molecular flexibility index (Phi) is 7.80. The Balaban J connectivity index is 1.78. The number of nitrogens with one attached hydrogen (secondary N) is 1. The Labute approximate surface area is 155 Å². The summed E-state index contributed by atoms with van der Waals surface area (Å²) >= 11 is 0. The van der Waals surface area contributed by atoms with Crippen molar-refractivity contribution in [1.29, 1.82) is 0 Å². The van der Waals surface area contributed by atoms with Gasteiger partial charge >= 0.3 is 0 Å². The van der Waals surface area contributed by atoms with Crippen LogP contribution < -0.4 is 19.5 Å². The lowest BCUT2D eigenvalue weighted by Crippen LogP contribution is -2.37. The zero-order valence-corrected chi connectivity index (χ0v) is 15.7. The second kappa shape index (κ2) is 10.3. The van der Waals surface area contributed by atoms with Gasteiger partial charge in [0.05, 0.1) is 13.7 Å². The molecule has 0 aliphatic heterocycles. The highest BCUT2D eigenvalue weighted by atomic mass is 16.5. The molecule has 0 spiro atoms. The SMILES string of the molecule is CCOc1ccccc1CCCNC(=O)C(C)Oc1ccccc1OC. The number of hydrogen-bond acceptors (Lipinski definition) is 4. The normalized spacial score (nSPS) is 11.5. The van der Waals surface area contributed by atoms with E-state index in [1.165, 1.54) is 0 Å². The van der Waals surface area contributed by atoms with Crippen molar-refractivity contribution in [2.75, 3.05) is 20.3 Å². The molecule has 1 unspecified atom stereocenters. The van der Waals surface area contributed by atoms with Crippen molar-refractivity contribution in [3.8, 4) is 17.2 Å². The van der Waals surface area contributed by atoms with Gasteiger partial charge in [0.1, 0.15) is 5.75 Å². The maximum atomic E-state index is 12.2. The molecule has 0 radical (unpaired) electrons. The quantitative estimate of drug-likeness (QED) is 0.660. The van der Waals surface area contributed by atoms with Crippen molar-refractivity contribution >= 4 is 5.91 Å². The third-order valence-electron chi connectivity index (χ3n) is 3.94. The Bertz CT molecular complexity index is 702. The summed E-state index contributed by atoms with van der Waals surface area (Å²) in [5.74, 6) is 1.94. The van der Waals surface area contributed by atoms with Gasteiger partial charge in [0, 0.05) is 6.54 Å². The maximum absolute atomic E-state index is 12.2. The fourth-order valence-electron chi connectivity index (χ4n) is 2.60. The Morgan fingerprint density at radius 1 is 1.04 bits per heavy atom. The minimum Gasteiger partial charge on any atom is -0.494 e. The molecule has 2 rings (SSSR count). The van der Waals surface area contributed by atoms with Crippen LogP contribution in [0.5, 0.6) is 17.2 Å². The van der Waals surface area contributed by atoms with E-state index in [9.17, 15) is 4.79 Å². The molecular formula is C21H27NO4. The molecule has 2 aromatic rings. The number of ether oxygens (including phenoxy) is 3. The molecule has 0 saturated carbocycles. The highest BCUT2D eigenvalue weighted by Crippen LogP contribution is 2.26. The molecule has 0 saturated heterocycles. The van der Waals surface area contributed by atoms with Crippen LogP contribution in [0.2, 0.25) is 0 Å². The van der Waals surface area contributed by atoms with Crippen molar-refractivity contribution in [2.45, 2.75) is 32.8 Å². The number of carbonyl (C=O) groups excluding carboxylic acids is 1. The van der Waals surface area contributed by atoms with Crippen molar-refractivity contribution < 1.29 is 19.0 Å². The Hall–Kier alpha value is -2.69. The number of hydrogen-bond donors (Lipinski definition) is 1. The van der Waals surface area contributed by atoms with E-state index in [0.717, 1.165) is 24.2 Å². The van der Waals surface area contributed by atoms with E-state index in [1.54, 1.807) is 26.2 Å². The summed E-state index contributed by atoms with van der Waals surface area (Å²) in [6, 6.07) is 15.3. The molecule has 0 aromatic heterocycles. The number of carbonyl (C=O) groups is 1. The highest BCUT2D eigenvalue weighted by molar-refractivity contribution is 5.80. The molecule has 140 valence electrons. The van der Waals surface area contributed by atoms with Crippen LogP contribution in [0.25, 0.3) is 0 Å². The molecule has 1 amide bonds. The molecule has 5 nitrogen and oxygen atoms in total. The van der Waals surface area contributed by atoms with Crippen LogP contribution in [0.1, 0.15) is 25.8 Å². The van der Waals surface area contributed by atoms with Gasteiger partial charge in [0.25, 0.3) is 5.91 Å². The number of para-hydroxylation sites is 3. The summed E-state index contributed by atoms with van der Waals surface area (Å²) in [7, 11) is 1.58.